The highest BCUT2D eigenvalue weighted by Gasteiger charge is 2.09. The summed E-state index contributed by atoms with van der Waals surface area (Å²) in [5.74, 6) is 1.72. The molecule has 0 spiro atoms. The molecule has 0 heterocycles. The van der Waals surface area contributed by atoms with Crippen LogP contribution in [0.25, 0.3) is 0 Å². The molecule has 19 heavy (non-hydrogen) atoms. The van der Waals surface area contributed by atoms with Gasteiger partial charge in [-0.2, -0.15) is 11.8 Å². The van der Waals surface area contributed by atoms with Crippen molar-refractivity contribution in [2.45, 2.75) is 23.5 Å². The fourth-order valence-corrected chi connectivity index (χ4v) is 3.89. The summed E-state index contributed by atoms with van der Waals surface area (Å²) in [6, 6.07) is 5.46. The number of carbonyl (C=O) groups excluding carboxylic acids is 1. The van der Waals surface area contributed by atoms with Crippen molar-refractivity contribution in [3.8, 4) is 0 Å². The van der Waals surface area contributed by atoms with E-state index in [1.807, 2.05) is 13.0 Å². The lowest BCUT2D eigenvalue weighted by atomic mass is 10.3. The standard InChI is InChI=1S/C13H16Cl2O2S2/c1-9(7-13(16)17-2)18-5-6-19-12-8-10(14)3-4-11(12)15/h3-4,8-9H,5-7H2,1-2H3. The Kier molecular flexibility index (Phi) is 8.07. The van der Waals surface area contributed by atoms with Gasteiger partial charge in [0.2, 0.25) is 0 Å². The average molecular weight is 339 g/mol. The highest BCUT2D eigenvalue weighted by atomic mass is 35.5. The molecule has 0 saturated heterocycles. The summed E-state index contributed by atoms with van der Waals surface area (Å²) < 4.78 is 4.64. The zero-order chi connectivity index (χ0) is 14.3. The maximum Gasteiger partial charge on any atom is 0.306 e. The Balaban J connectivity index is 2.27. The predicted molar refractivity (Wildman–Crippen MR) is 85.7 cm³/mol. The number of esters is 1. The normalized spacial score (nSPS) is 12.2. The van der Waals surface area contributed by atoms with Crippen LogP contribution in [0.15, 0.2) is 23.1 Å². The molecule has 0 radical (unpaired) electrons. The largest absolute Gasteiger partial charge is 0.469 e. The second kappa shape index (κ2) is 9.01. The summed E-state index contributed by atoms with van der Waals surface area (Å²) in [7, 11) is 1.41. The quantitative estimate of drug-likeness (QED) is 0.406. The van der Waals surface area contributed by atoms with E-state index in [9.17, 15) is 4.79 Å². The van der Waals surface area contributed by atoms with Crippen LogP contribution in [0.2, 0.25) is 10.0 Å². The molecule has 2 nitrogen and oxygen atoms in total. The van der Waals surface area contributed by atoms with Crippen LogP contribution >= 0.6 is 46.7 Å². The molecular weight excluding hydrogens is 323 g/mol. The molecule has 0 aliphatic heterocycles. The van der Waals surface area contributed by atoms with E-state index in [1.165, 1.54) is 7.11 Å². The van der Waals surface area contributed by atoms with Crippen molar-refractivity contribution in [1.29, 1.82) is 0 Å². The molecule has 0 aliphatic carbocycles. The van der Waals surface area contributed by atoms with Gasteiger partial charge in [0.1, 0.15) is 0 Å². The zero-order valence-electron chi connectivity index (χ0n) is 10.8. The van der Waals surface area contributed by atoms with Gasteiger partial charge in [-0.25, -0.2) is 0 Å². The highest BCUT2D eigenvalue weighted by molar-refractivity contribution is 8.03. The number of carbonyl (C=O) groups is 1. The van der Waals surface area contributed by atoms with Crippen molar-refractivity contribution in [2.75, 3.05) is 18.6 Å². The Hall–Kier alpha value is -0.0300. The van der Waals surface area contributed by atoms with Gasteiger partial charge in [-0.3, -0.25) is 4.79 Å². The van der Waals surface area contributed by atoms with Crippen LogP contribution in [0.4, 0.5) is 0 Å². The number of thioether (sulfide) groups is 2. The molecule has 1 aromatic carbocycles. The Morgan fingerprint density at radius 2 is 2.11 bits per heavy atom. The van der Waals surface area contributed by atoms with E-state index in [0.29, 0.717) is 11.4 Å². The maximum atomic E-state index is 11.1. The predicted octanol–water partition coefficient (Wildman–Crippen LogP) is 4.77. The molecule has 1 unspecified atom stereocenters. The summed E-state index contributed by atoms with van der Waals surface area (Å²) in [4.78, 5) is 12.1. The van der Waals surface area contributed by atoms with Crippen LogP contribution in [-0.2, 0) is 9.53 Å². The first kappa shape index (κ1) is 17.0. The first-order valence-electron chi connectivity index (χ1n) is 5.79. The molecule has 1 aromatic rings. The third kappa shape index (κ3) is 6.80. The highest BCUT2D eigenvalue weighted by Crippen LogP contribution is 2.30. The van der Waals surface area contributed by atoms with E-state index in [4.69, 9.17) is 23.2 Å². The van der Waals surface area contributed by atoms with E-state index >= 15 is 0 Å². The van der Waals surface area contributed by atoms with Crippen LogP contribution in [0, 0.1) is 0 Å². The van der Waals surface area contributed by atoms with Crippen molar-refractivity contribution in [3.63, 3.8) is 0 Å². The molecular formula is C13H16Cl2O2S2. The molecule has 0 amide bonds. The lowest BCUT2D eigenvalue weighted by Gasteiger charge is -2.10. The van der Waals surface area contributed by atoms with Gasteiger partial charge in [0.15, 0.2) is 0 Å². The molecule has 0 aromatic heterocycles. The molecule has 1 rings (SSSR count). The van der Waals surface area contributed by atoms with Crippen LogP contribution in [0.3, 0.4) is 0 Å². The number of hydrogen-bond acceptors (Lipinski definition) is 4. The molecule has 1 atom stereocenters. The minimum atomic E-state index is -0.162. The number of benzene rings is 1. The molecule has 0 fully saturated rings. The van der Waals surface area contributed by atoms with Crippen molar-refractivity contribution in [2.24, 2.45) is 0 Å². The van der Waals surface area contributed by atoms with E-state index in [1.54, 1.807) is 35.7 Å². The van der Waals surface area contributed by atoms with E-state index < -0.39 is 0 Å². The first-order chi connectivity index (χ1) is 9.02. The summed E-state index contributed by atoms with van der Waals surface area (Å²) >= 11 is 15.4. The number of ether oxygens (including phenoxy) is 1. The second-order valence-corrected chi connectivity index (χ2v) is 7.41. The van der Waals surface area contributed by atoms with Gasteiger partial charge in [0, 0.05) is 26.7 Å². The Labute approximate surface area is 132 Å². The fraction of sp³-hybridized carbons (Fsp3) is 0.462. The SMILES string of the molecule is COC(=O)CC(C)SCCSc1cc(Cl)ccc1Cl. The number of methoxy groups -OCH3 is 1. The molecule has 106 valence electrons. The van der Waals surface area contributed by atoms with Gasteiger partial charge >= 0.3 is 5.97 Å². The van der Waals surface area contributed by atoms with Gasteiger partial charge in [0.25, 0.3) is 0 Å². The van der Waals surface area contributed by atoms with Crippen molar-refractivity contribution in [3.05, 3.63) is 28.2 Å². The fourth-order valence-electron chi connectivity index (χ4n) is 1.37. The Bertz CT molecular complexity index is 427. The summed E-state index contributed by atoms with van der Waals surface area (Å²) in [5.41, 5.74) is 0. The van der Waals surface area contributed by atoms with Crippen LogP contribution in [-0.4, -0.2) is 29.8 Å². The third-order valence-electron chi connectivity index (χ3n) is 2.32. The van der Waals surface area contributed by atoms with Crippen LogP contribution in [0.1, 0.15) is 13.3 Å². The Morgan fingerprint density at radius 3 is 2.79 bits per heavy atom. The third-order valence-corrected chi connectivity index (χ3v) is 5.49. The van der Waals surface area contributed by atoms with Crippen LogP contribution < -0.4 is 0 Å². The topological polar surface area (TPSA) is 26.3 Å². The number of rotatable bonds is 7. The molecule has 0 aliphatic rings. The van der Waals surface area contributed by atoms with E-state index in [-0.39, 0.29) is 11.2 Å². The zero-order valence-corrected chi connectivity index (χ0v) is 14.0. The van der Waals surface area contributed by atoms with Crippen LogP contribution in [0.5, 0.6) is 0 Å². The molecule has 6 heteroatoms. The lowest BCUT2D eigenvalue weighted by molar-refractivity contribution is -0.140. The molecule has 0 bridgehead atoms. The number of halogens is 2. The van der Waals surface area contributed by atoms with Crippen molar-refractivity contribution < 1.29 is 9.53 Å². The smallest absolute Gasteiger partial charge is 0.306 e. The van der Waals surface area contributed by atoms with Gasteiger partial charge in [-0.1, -0.05) is 30.1 Å². The maximum absolute atomic E-state index is 11.1. The Morgan fingerprint density at radius 1 is 1.37 bits per heavy atom. The van der Waals surface area contributed by atoms with Gasteiger partial charge in [-0.05, 0) is 18.2 Å². The summed E-state index contributed by atoms with van der Waals surface area (Å²) in [5, 5.41) is 1.68. The minimum absolute atomic E-state index is 0.162. The van der Waals surface area contributed by atoms with E-state index in [2.05, 4.69) is 4.74 Å². The first-order valence-corrected chi connectivity index (χ1v) is 8.58. The van der Waals surface area contributed by atoms with Crippen molar-refractivity contribution >= 4 is 52.7 Å². The monoisotopic (exact) mass is 338 g/mol. The van der Waals surface area contributed by atoms with E-state index in [0.717, 1.165) is 21.4 Å². The number of hydrogen-bond donors (Lipinski definition) is 0. The van der Waals surface area contributed by atoms with Gasteiger partial charge in [-0.15, -0.1) is 11.8 Å². The average Bonchev–Trinajstić information content (AvgIpc) is 2.38. The second-order valence-electron chi connectivity index (χ2n) is 3.88. The lowest BCUT2D eigenvalue weighted by Crippen LogP contribution is -2.09. The van der Waals surface area contributed by atoms with Gasteiger partial charge < -0.3 is 4.74 Å². The summed E-state index contributed by atoms with van der Waals surface area (Å²) in [6.07, 6.45) is 0.448. The summed E-state index contributed by atoms with van der Waals surface area (Å²) in [6.45, 7) is 2.03. The van der Waals surface area contributed by atoms with Gasteiger partial charge in [0.05, 0.1) is 18.6 Å². The van der Waals surface area contributed by atoms with Crippen molar-refractivity contribution in [1.82, 2.24) is 0 Å². The molecule has 0 saturated carbocycles. The molecule has 0 N–H and O–H groups in total. The minimum Gasteiger partial charge on any atom is -0.469 e.